The average Bonchev–Trinajstić information content (AvgIpc) is 2.92. The Labute approximate surface area is 124 Å². The number of hydrogen-bond donors (Lipinski definition) is 1. The van der Waals surface area contributed by atoms with E-state index in [4.69, 9.17) is 0 Å². The van der Waals surface area contributed by atoms with Gasteiger partial charge in [0.1, 0.15) is 5.01 Å². The van der Waals surface area contributed by atoms with Gasteiger partial charge < -0.3 is 5.32 Å². The van der Waals surface area contributed by atoms with Crippen LogP contribution >= 0.6 is 11.3 Å². The van der Waals surface area contributed by atoms with E-state index in [-0.39, 0.29) is 5.91 Å². The summed E-state index contributed by atoms with van der Waals surface area (Å²) >= 11 is 1.36. The molecule has 0 saturated carbocycles. The van der Waals surface area contributed by atoms with Crippen molar-refractivity contribution in [1.82, 2.24) is 9.97 Å². The van der Waals surface area contributed by atoms with Crippen molar-refractivity contribution < 1.29 is 4.79 Å². The number of nitriles is 1. The summed E-state index contributed by atoms with van der Waals surface area (Å²) in [6.07, 6.45) is 3.16. The van der Waals surface area contributed by atoms with Gasteiger partial charge in [0.05, 0.1) is 16.3 Å². The molecule has 1 atom stereocenters. The first kappa shape index (κ1) is 13.2. The quantitative estimate of drug-likeness (QED) is 0.805. The molecule has 0 aliphatic heterocycles. The molecule has 0 spiro atoms. The van der Waals surface area contributed by atoms with Gasteiger partial charge in [0.2, 0.25) is 5.91 Å². The van der Waals surface area contributed by atoms with Gasteiger partial charge in [0, 0.05) is 18.1 Å². The summed E-state index contributed by atoms with van der Waals surface area (Å²) < 4.78 is 0.962. The van der Waals surface area contributed by atoms with Crippen molar-refractivity contribution >= 4 is 33.1 Å². The fourth-order valence-corrected chi connectivity index (χ4v) is 2.90. The molecular formula is C15H10N4OS. The van der Waals surface area contributed by atoms with E-state index >= 15 is 0 Å². The molecule has 0 unspecified atom stereocenters. The van der Waals surface area contributed by atoms with Crippen LogP contribution in [0.2, 0.25) is 0 Å². The molecule has 5 nitrogen and oxygen atoms in total. The van der Waals surface area contributed by atoms with Crippen LogP contribution in [-0.4, -0.2) is 15.9 Å². The molecule has 0 radical (unpaired) electrons. The second kappa shape index (κ2) is 5.69. The van der Waals surface area contributed by atoms with E-state index in [0.29, 0.717) is 10.7 Å². The lowest BCUT2D eigenvalue weighted by atomic mass is 10.1. The maximum Gasteiger partial charge on any atom is 0.248 e. The number of nitrogens with zero attached hydrogens (tertiary/aromatic N) is 3. The number of hydrogen-bond acceptors (Lipinski definition) is 5. The normalized spacial score (nSPS) is 11.8. The van der Waals surface area contributed by atoms with Gasteiger partial charge in [0.25, 0.3) is 0 Å². The monoisotopic (exact) mass is 294 g/mol. The summed E-state index contributed by atoms with van der Waals surface area (Å²) in [4.78, 5) is 20.5. The zero-order chi connectivity index (χ0) is 14.7. The largest absolute Gasteiger partial charge is 0.324 e. The predicted octanol–water partition coefficient (Wildman–Crippen LogP) is 2.94. The summed E-state index contributed by atoms with van der Waals surface area (Å²) in [5.74, 6) is -1.31. The number of aromatic nitrogens is 2. The third-order valence-electron chi connectivity index (χ3n) is 2.90. The molecule has 6 heteroatoms. The maximum atomic E-state index is 12.2. The number of rotatable bonds is 3. The van der Waals surface area contributed by atoms with Crippen LogP contribution in [0.3, 0.4) is 0 Å². The lowest BCUT2D eigenvalue weighted by molar-refractivity contribution is -0.116. The van der Waals surface area contributed by atoms with Crippen LogP contribution in [-0.2, 0) is 4.79 Å². The first-order valence-corrected chi connectivity index (χ1v) is 7.05. The van der Waals surface area contributed by atoms with E-state index in [1.54, 1.807) is 24.5 Å². The van der Waals surface area contributed by atoms with Gasteiger partial charge in [-0.15, -0.1) is 11.3 Å². The highest BCUT2D eigenvalue weighted by molar-refractivity contribution is 7.18. The molecular weight excluding hydrogens is 284 g/mol. The van der Waals surface area contributed by atoms with Crippen LogP contribution in [0.4, 0.5) is 5.69 Å². The number of thiazole rings is 1. The molecule has 0 aliphatic rings. The van der Waals surface area contributed by atoms with Gasteiger partial charge in [-0.25, -0.2) is 4.98 Å². The molecule has 1 amide bonds. The molecule has 21 heavy (non-hydrogen) atoms. The van der Waals surface area contributed by atoms with Crippen LogP contribution in [0.15, 0.2) is 48.8 Å². The van der Waals surface area contributed by atoms with E-state index in [1.165, 1.54) is 11.3 Å². The number of pyridine rings is 1. The Balaban J connectivity index is 1.87. The summed E-state index contributed by atoms with van der Waals surface area (Å²) in [5, 5.41) is 12.5. The fraction of sp³-hybridized carbons (Fsp3) is 0.0667. The van der Waals surface area contributed by atoms with Gasteiger partial charge in [-0.3, -0.25) is 9.78 Å². The Morgan fingerprint density at radius 2 is 2.00 bits per heavy atom. The number of carbonyl (C=O) groups excluding carboxylic acids is 1. The first-order chi connectivity index (χ1) is 10.3. The standard InChI is InChI=1S/C15H10N4OS/c16-9-11(14(20)18-10-5-7-17-8-6-10)15-19-12-3-1-2-4-13(12)21-15/h1-8,11H,(H,17,18,20)/t11-/m0/s1. The zero-order valence-corrected chi connectivity index (χ0v) is 11.7. The summed E-state index contributed by atoms with van der Waals surface area (Å²) in [6.45, 7) is 0. The van der Waals surface area contributed by atoms with Crippen molar-refractivity contribution in [3.63, 3.8) is 0 Å². The minimum absolute atomic E-state index is 0.386. The first-order valence-electron chi connectivity index (χ1n) is 6.24. The molecule has 0 saturated heterocycles. The Morgan fingerprint density at radius 1 is 1.24 bits per heavy atom. The van der Waals surface area contributed by atoms with Gasteiger partial charge in [-0.05, 0) is 24.3 Å². The highest BCUT2D eigenvalue weighted by Gasteiger charge is 2.24. The van der Waals surface area contributed by atoms with E-state index in [9.17, 15) is 10.1 Å². The minimum Gasteiger partial charge on any atom is -0.324 e. The Hall–Kier alpha value is -2.78. The van der Waals surface area contributed by atoms with Gasteiger partial charge in [0.15, 0.2) is 5.92 Å². The Kier molecular flexibility index (Phi) is 3.58. The minimum atomic E-state index is -0.921. The smallest absolute Gasteiger partial charge is 0.248 e. The third-order valence-corrected chi connectivity index (χ3v) is 4.00. The van der Waals surface area contributed by atoms with Crippen molar-refractivity contribution in [2.24, 2.45) is 0 Å². The van der Waals surface area contributed by atoms with Gasteiger partial charge >= 0.3 is 0 Å². The van der Waals surface area contributed by atoms with Crippen LogP contribution in [0.25, 0.3) is 10.2 Å². The van der Waals surface area contributed by atoms with Crippen molar-refractivity contribution in [1.29, 1.82) is 5.26 Å². The summed E-state index contributed by atoms with van der Waals surface area (Å²) in [6, 6.07) is 12.9. The Bertz CT molecular complexity index is 789. The molecule has 0 fully saturated rings. The second-order valence-electron chi connectivity index (χ2n) is 4.31. The molecule has 0 aliphatic carbocycles. The van der Waals surface area contributed by atoms with Gasteiger partial charge in [-0.2, -0.15) is 5.26 Å². The number of anilines is 1. The second-order valence-corrected chi connectivity index (χ2v) is 5.37. The molecule has 0 bridgehead atoms. The highest BCUT2D eigenvalue weighted by Crippen LogP contribution is 2.28. The number of benzene rings is 1. The van der Waals surface area contributed by atoms with Crippen molar-refractivity contribution in [3.05, 3.63) is 53.8 Å². The molecule has 3 aromatic rings. The Morgan fingerprint density at radius 3 is 2.71 bits per heavy atom. The lowest BCUT2D eigenvalue weighted by Gasteiger charge is -2.07. The van der Waals surface area contributed by atoms with Crippen molar-refractivity contribution in [3.8, 4) is 6.07 Å². The third kappa shape index (κ3) is 2.73. The lowest BCUT2D eigenvalue weighted by Crippen LogP contribution is -2.19. The van der Waals surface area contributed by atoms with Crippen molar-refractivity contribution in [2.45, 2.75) is 5.92 Å². The average molecular weight is 294 g/mol. The van der Waals surface area contributed by atoms with Crippen molar-refractivity contribution in [2.75, 3.05) is 5.32 Å². The maximum absolute atomic E-state index is 12.2. The number of para-hydroxylation sites is 1. The van der Waals surface area contributed by atoms with E-state index in [0.717, 1.165) is 10.2 Å². The summed E-state index contributed by atoms with van der Waals surface area (Å²) in [7, 11) is 0. The molecule has 2 aromatic heterocycles. The van der Waals surface area contributed by atoms with Crippen LogP contribution in [0.1, 0.15) is 10.9 Å². The topological polar surface area (TPSA) is 78.7 Å². The number of carbonyl (C=O) groups is 1. The van der Waals surface area contributed by atoms with E-state index < -0.39 is 5.92 Å². The number of fused-ring (bicyclic) bond motifs is 1. The van der Waals surface area contributed by atoms with Crippen LogP contribution in [0, 0.1) is 11.3 Å². The molecule has 1 N–H and O–H groups in total. The zero-order valence-electron chi connectivity index (χ0n) is 10.9. The van der Waals surface area contributed by atoms with E-state index in [1.807, 2.05) is 30.3 Å². The molecule has 3 rings (SSSR count). The summed E-state index contributed by atoms with van der Waals surface area (Å²) in [5.41, 5.74) is 1.41. The number of nitrogens with one attached hydrogen (secondary N) is 1. The molecule has 1 aromatic carbocycles. The fourth-order valence-electron chi connectivity index (χ4n) is 1.89. The van der Waals surface area contributed by atoms with Crippen LogP contribution < -0.4 is 5.32 Å². The predicted molar refractivity (Wildman–Crippen MR) is 80.8 cm³/mol. The van der Waals surface area contributed by atoms with Gasteiger partial charge in [-0.1, -0.05) is 12.1 Å². The molecule has 102 valence electrons. The molecule has 2 heterocycles. The van der Waals surface area contributed by atoms with E-state index in [2.05, 4.69) is 15.3 Å². The number of amides is 1. The highest BCUT2D eigenvalue weighted by atomic mass is 32.1. The van der Waals surface area contributed by atoms with Crippen LogP contribution in [0.5, 0.6) is 0 Å². The SMILES string of the molecule is N#C[C@@H](C(=O)Nc1ccncc1)c1nc2ccccc2s1.